The summed E-state index contributed by atoms with van der Waals surface area (Å²) < 4.78 is 5.74. The van der Waals surface area contributed by atoms with Crippen LogP contribution in [0.2, 0.25) is 0 Å². The molecule has 0 spiro atoms. The van der Waals surface area contributed by atoms with Crippen molar-refractivity contribution in [3.8, 4) is 0 Å². The van der Waals surface area contributed by atoms with E-state index in [4.69, 9.17) is 4.74 Å². The minimum absolute atomic E-state index is 0.0206. The quantitative estimate of drug-likeness (QED) is 0.767. The molecule has 2 aliphatic heterocycles. The molecular formula is C19H25N3O3. The van der Waals surface area contributed by atoms with Gasteiger partial charge in [-0.2, -0.15) is 0 Å². The second-order valence-corrected chi connectivity index (χ2v) is 8.14. The second kappa shape index (κ2) is 5.19. The highest BCUT2D eigenvalue weighted by Gasteiger charge is 2.76. The largest absolute Gasteiger partial charge is 0.448 e. The lowest BCUT2D eigenvalue weighted by molar-refractivity contribution is -0.174. The zero-order valence-electron chi connectivity index (χ0n) is 15.1. The predicted octanol–water partition coefficient (Wildman–Crippen LogP) is 1.85. The molecule has 0 N–H and O–H groups in total. The third-order valence-electron chi connectivity index (χ3n) is 6.97. The number of anilines is 1. The van der Waals surface area contributed by atoms with Crippen LogP contribution in [0.15, 0.2) is 24.4 Å². The molecule has 2 bridgehead atoms. The SMILES string of the molecule is CC1(C)[C@@]2(C)CC[C@]1(C(=O)N1CCN(c3ccccn3)CC1)OC2=O. The van der Waals surface area contributed by atoms with Crippen LogP contribution >= 0.6 is 0 Å². The van der Waals surface area contributed by atoms with Crippen LogP contribution in [0.1, 0.15) is 33.6 Å². The molecule has 3 heterocycles. The number of amides is 1. The van der Waals surface area contributed by atoms with E-state index < -0.39 is 16.4 Å². The number of carbonyl (C=O) groups is 2. The van der Waals surface area contributed by atoms with E-state index in [-0.39, 0.29) is 11.9 Å². The van der Waals surface area contributed by atoms with E-state index in [1.165, 1.54) is 0 Å². The fourth-order valence-electron chi connectivity index (χ4n) is 4.66. The Balaban J connectivity index is 1.51. The van der Waals surface area contributed by atoms with Gasteiger partial charge in [0.25, 0.3) is 5.91 Å². The number of aromatic nitrogens is 1. The highest BCUT2D eigenvalue weighted by Crippen LogP contribution is 2.65. The van der Waals surface area contributed by atoms with Crippen molar-refractivity contribution in [1.29, 1.82) is 0 Å². The van der Waals surface area contributed by atoms with Crippen LogP contribution in [0.4, 0.5) is 5.82 Å². The normalized spacial score (nSPS) is 33.5. The fraction of sp³-hybridized carbons (Fsp3) is 0.632. The number of hydrogen-bond acceptors (Lipinski definition) is 5. The molecule has 0 aromatic carbocycles. The summed E-state index contributed by atoms with van der Waals surface area (Å²) in [5, 5.41) is 0. The molecular weight excluding hydrogens is 318 g/mol. The minimum Gasteiger partial charge on any atom is -0.448 e. The van der Waals surface area contributed by atoms with Gasteiger partial charge in [-0.05, 0) is 31.9 Å². The lowest BCUT2D eigenvalue weighted by Crippen LogP contribution is -2.59. The molecule has 1 aliphatic carbocycles. The Morgan fingerprint density at radius 2 is 1.84 bits per heavy atom. The van der Waals surface area contributed by atoms with Gasteiger partial charge < -0.3 is 14.5 Å². The monoisotopic (exact) mass is 343 g/mol. The highest BCUT2D eigenvalue weighted by molar-refractivity contribution is 5.96. The maximum Gasteiger partial charge on any atom is 0.313 e. The van der Waals surface area contributed by atoms with E-state index in [0.29, 0.717) is 19.5 Å². The predicted molar refractivity (Wildman–Crippen MR) is 93.0 cm³/mol. The van der Waals surface area contributed by atoms with Crippen molar-refractivity contribution in [3.63, 3.8) is 0 Å². The molecule has 4 rings (SSSR count). The topological polar surface area (TPSA) is 62.7 Å². The second-order valence-electron chi connectivity index (χ2n) is 8.14. The first kappa shape index (κ1) is 16.4. The zero-order chi connectivity index (χ0) is 17.9. The van der Waals surface area contributed by atoms with Crippen LogP contribution in [0.5, 0.6) is 0 Å². The van der Waals surface area contributed by atoms with E-state index in [1.54, 1.807) is 6.20 Å². The van der Waals surface area contributed by atoms with E-state index in [2.05, 4.69) is 9.88 Å². The van der Waals surface area contributed by atoms with Crippen LogP contribution in [0.25, 0.3) is 0 Å². The van der Waals surface area contributed by atoms with E-state index in [1.807, 2.05) is 43.9 Å². The Morgan fingerprint density at radius 3 is 2.36 bits per heavy atom. The first-order valence-electron chi connectivity index (χ1n) is 9.01. The Kier molecular flexibility index (Phi) is 3.40. The van der Waals surface area contributed by atoms with Gasteiger partial charge in [-0.25, -0.2) is 4.98 Å². The Hall–Kier alpha value is -2.11. The molecule has 1 aromatic heterocycles. The summed E-state index contributed by atoms with van der Waals surface area (Å²) in [5.41, 5.74) is -2.03. The van der Waals surface area contributed by atoms with Gasteiger partial charge in [0.2, 0.25) is 0 Å². The Morgan fingerprint density at radius 1 is 1.12 bits per heavy atom. The van der Waals surface area contributed by atoms with Crippen LogP contribution in [-0.2, 0) is 14.3 Å². The molecule has 134 valence electrons. The van der Waals surface area contributed by atoms with E-state index in [0.717, 1.165) is 25.3 Å². The van der Waals surface area contributed by atoms with Crippen molar-refractivity contribution in [2.75, 3.05) is 31.1 Å². The van der Waals surface area contributed by atoms with Crippen LogP contribution in [0, 0.1) is 10.8 Å². The standard InChI is InChI=1S/C19H25N3O3/c1-17(2)18(3)7-8-19(17,25-16(18)24)15(23)22-12-10-21(11-13-22)14-6-4-5-9-20-14/h4-6,9H,7-8,10-13H2,1-3H3/t18-,19+/m0/s1. The first-order valence-corrected chi connectivity index (χ1v) is 9.01. The maximum absolute atomic E-state index is 13.3. The number of esters is 1. The van der Waals surface area contributed by atoms with Gasteiger partial charge in [0.15, 0.2) is 5.60 Å². The summed E-state index contributed by atoms with van der Waals surface area (Å²) in [6.45, 7) is 8.69. The summed E-state index contributed by atoms with van der Waals surface area (Å²) in [7, 11) is 0. The van der Waals surface area contributed by atoms with Crippen LogP contribution in [-0.4, -0.2) is 53.5 Å². The molecule has 1 saturated carbocycles. The lowest BCUT2D eigenvalue weighted by Gasteiger charge is -2.42. The van der Waals surface area contributed by atoms with Crippen molar-refractivity contribution in [1.82, 2.24) is 9.88 Å². The molecule has 1 amide bonds. The number of carbonyl (C=O) groups excluding carboxylic acids is 2. The third kappa shape index (κ3) is 1.99. The number of nitrogens with zero attached hydrogens (tertiary/aromatic N) is 3. The summed E-state index contributed by atoms with van der Waals surface area (Å²) >= 11 is 0. The van der Waals surface area contributed by atoms with E-state index in [9.17, 15) is 9.59 Å². The molecule has 2 saturated heterocycles. The van der Waals surface area contributed by atoms with Gasteiger partial charge in [0, 0.05) is 37.8 Å². The smallest absolute Gasteiger partial charge is 0.313 e. The molecule has 25 heavy (non-hydrogen) atoms. The summed E-state index contributed by atoms with van der Waals surface area (Å²) in [6.07, 6.45) is 3.13. The van der Waals surface area contributed by atoms with Crippen molar-refractivity contribution in [2.45, 2.75) is 39.2 Å². The van der Waals surface area contributed by atoms with Crippen molar-refractivity contribution in [3.05, 3.63) is 24.4 Å². The molecule has 3 fully saturated rings. The first-order chi connectivity index (χ1) is 11.8. The van der Waals surface area contributed by atoms with Gasteiger partial charge in [0.05, 0.1) is 5.41 Å². The lowest BCUT2D eigenvalue weighted by atomic mass is 9.66. The molecule has 0 radical (unpaired) electrons. The van der Waals surface area contributed by atoms with Gasteiger partial charge in [-0.1, -0.05) is 19.9 Å². The van der Waals surface area contributed by atoms with Gasteiger partial charge >= 0.3 is 5.97 Å². The highest BCUT2D eigenvalue weighted by atomic mass is 16.6. The number of pyridine rings is 1. The van der Waals surface area contributed by atoms with E-state index >= 15 is 0 Å². The number of fused-ring (bicyclic) bond motifs is 2. The Labute approximate surface area is 148 Å². The summed E-state index contributed by atoms with van der Waals surface area (Å²) in [4.78, 5) is 34.2. The van der Waals surface area contributed by atoms with Crippen molar-refractivity contribution >= 4 is 17.7 Å². The number of ether oxygens (including phenoxy) is 1. The Bertz CT molecular complexity index is 712. The maximum atomic E-state index is 13.3. The summed E-state index contributed by atoms with van der Waals surface area (Å²) in [6, 6.07) is 5.86. The minimum atomic E-state index is -0.994. The van der Waals surface area contributed by atoms with Gasteiger partial charge in [-0.3, -0.25) is 9.59 Å². The molecule has 3 aliphatic rings. The summed E-state index contributed by atoms with van der Waals surface area (Å²) in [5.74, 6) is 0.700. The third-order valence-corrected chi connectivity index (χ3v) is 6.97. The molecule has 6 nitrogen and oxygen atoms in total. The zero-order valence-corrected chi connectivity index (χ0v) is 15.1. The van der Waals surface area contributed by atoms with Crippen LogP contribution < -0.4 is 4.90 Å². The fourth-order valence-corrected chi connectivity index (χ4v) is 4.66. The molecule has 0 unspecified atom stereocenters. The number of rotatable bonds is 2. The van der Waals surface area contributed by atoms with Gasteiger partial charge in [-0.15, -0.1) is 0 Å². The number of piperazine rings is 1. The number of hydrogen-bond donors (Lipinski definition) is 0. The molecule has 6 heteroatoms. The van der Waals surface area contributed by atoms with Gasteiger partial charge in [0.1, 0.15) is 5.82 Å². The average molecular weight is 343 g/mol. The van der Waals surface area contributed by atoms with Crippen molar-refractivity contribution in [2.24, 2.45) is 10.8 Å². The van der Waals surface area contributed by atoms with Crippen LogP contribution in [0.3, 0.4) is 0 Å². The molecule has 2 atom stereocenters. The average Bonchev–Trinajstić information content (AvgIpc) is 2.92. The van der Waals surface area contributed by atoms with Crippen molar-refractivity contribution < 1.29 is 14.3 Å². The molecule has 1 aromatic rings.